The maximum absolute atomic E-state index is 13.1. The number of nitrogens with one attached hydrogen (secondary N) is 2. The Morgan fingerprint density at radius 3 is 2.68 bits per heavy atom. The fourth-order valence-corrected chi connectivity index (χ4v) is 3.42. The molecule has 2 rings (SSSR count). The van der Waals surface area contributed by atoms with Crippen LogP contribution in [-0.4, -0.2) is 28.1 Å². The third-order valence-corrected chi connectivity index (χ3v) is 5.00. The van der Waals surface area contributed by atoms with Gasteiger partial charge in [-0.1, -0.05) is 13.0 Å². The second-order valence-corrected chi connectivity index (χ2v) is 7.11. The van der Waals surface area contributed by atoms with E-state index in [0.29, 0.717) is 6.54 Å². The summed E-state index contributed by atoms with van der Waals surface area (Å²) in [6.45, 7) is 4.26. The highest BCUT2D eigenvalue weighted by atomic mass is 32.2. The van der Waals surface area contributed by atoms with Gasteiger partial charge >= 0.3 is 0 Å². The van der Waals surface area contributed by atoms with Crippen LogP contribution in [0.5, 0.6) is 0 Å². The molecule has 0 unspecified atom stereocenters. The molecule has 1 aromatic rings. The highest BCUT2D eigenvalue weighted by Gasteiger charge is 2.28. The summed E-state index contributed by atoms with van der Waals surface area (Å²) in [4.78, 5) is -0.0231. The molecule has 4 nitrogen and oxygen atoms in total. The number of sulfonamides is 1. The molecule has 106 valence electrons. The molecule has 0 saturated carbocycles. The Labute approximate surface area is 113 Å². The molecular weight excluding hydrogens is 267 g/mol. The van der Waals surface area contributed by atoms with Crippen molar-refractivity contribution in [3.8, 4) is 0 Å². The minimum Gasteiger partial charge on any atom is -0.317 e. The van der Waals surface area contributed by atoms with Crippen LogP contribution >= 0.6 is 0 Å². The largest absolute Gasteiger partial charge is 0.317 e. The number of hydrogen-bond acceptors (Lipinski definition) is 3. The molecule has 0 spiro atoms. The predicted molar refractivity (Wildman–Crippen MR) is 71.8 cm³/mol. The summed E-state index contributed by atoms with van der Waals surface area (Å²) in [5, 5.41) is 3.25. The molecule has 1 heterocycles. The fraction of sp³-hybridized carbons (Fsp3) is 0.538. The lowest BCUT2D eigenvalue weighted by Gasteiger charge is -2.34. The van der Waals surface area contributed by atoms with Gasteiger partial charge in [0, 0.05) is 6.54 Å². The van der Waals surface area contributed by atoms with Gasteiger partial charge < -0.3 is 5.32 Å². The lowest BCUT2D eigenvalue weighted by molar-refractivity contribution is 0.232. The Hall–Kier alpha value is -0.980. The van der Waals surface area contributed by atoms with Gasteiger partial charge in [-0.2, -0.15) is 0 Å². The normalized spacial score (nSPS) is 19.3. The molecule has 0 atom stereocenters. The maximum Gasteiger partial charge on any atom is 0.240 e. The van der Waals surface area contributed by atoms with Crippen molar-refractivity contribution < 1.29 is 12.8 Å². The third-order valence-electron chi connectivity index (χ3n) is 3.61. The van der Waals surface area contributed by atoms with Crippen LogP contribution in [0, 0.1) is 11.2 Å². The van der Waals surface area contributed by atoms with E-state index >= 15 is 0 Å². The minimum atomic E-state index is -3.63. The summed E-state index contributed by atoms with van der Waals surface area (Å²) < 4.78 is 39.8. The predicted octanol–water partition coefficient (Wildman–Crippen LogP) is 1.49. The van der Waals surface area contributed by atoms with Crippen LogP contribution in [0.25, 0.3) is 0 Å². The summed E-state index contributed by atoms with van der Waals surface area (Å²) in [6, 6.07) is 5.06. The number of rotatable bonds is 4. The molecule has 0 bridgehead atoms. The molecule has 0 amide bonds. The first-order chi connectivity index (χ1) is 8.91. The van der Waals surface area contributed by atoms with Crippen molar-refractivity contribution in [3.05, 3.63) is 30.1 Å². The van der Waals surface area contributed by atoms with Gasteiger partial charge in [0.25, 0.3) is 0 Å². The molecule has 19 heavy (non-hydrogen) atoms. The van der Waals surface area contributed by atoms with E-state index in [1.165, 1.54) is 18.2 Å². The van der Waals surface area contributed by atoms with Crippen LogP contribution in [0.2, 0.25) is 0 Å². The van der Waals surface area contributed by atoms with Gasteiger partial charge in [-0.25, -0.2) is 17.5 Å². The molecule has 0 aliphatic carbocycles. The van der Waals surface area contributed by atoms with Crippen LogP contribution in [0.4, 0.5) is 4.39 Å². The van der Waals surface area contributed by atoms with Gasteiger partial charge in [0.15, 0.2) is 0 Å². The molecule has 1 aromatic carbocycles. The van der Waals surface area contributed by atoms with E-state index in [4.69, 9.17) is 0 Å². The van der Waals surface area contributed by atoms with Crippen molar-refractivity contribution in [2.24, 2.45) is 5.41 Å². The Balaban J connectivity index is 2.05. The first kappa shape index (κ1) is 14.4. The molecular formula is C13H19FN2O2S. The fourth-order valence-electron chi connectivity index (χ4n) is 2.19. The topological polar surface area (TPSA) is 58.2 Å². The number of halogens is 1. The summed E-state index contributed by atoms with van der Waals surface area (Å²) >= 11 is 0. The van der Waals surface area contributed by atoms with Gasteiger partial charge in [0.1, 0.15) is 5.82 Å². The van der Waals surface area contributed by atoms with E-state index in [2.05, 4.69) is 17.0 Å². The average molecular weight is 286 g/mol. The van der Waals surface area contributed by atoms with E-state index in [9.17, 15) is 12.8 Å². The molecule has 0 aromatic heterocycles. The first-order valence-electron chi connectivity index (χ1n) is 6.37. The SMILES string of the molecule is CC1(CNS(=O)(=O)c2cccc(F)c2)CCNCC1. The van der Waals surface area contributed by atoms with Crippen LogP contribution < -0.4 is 10.0 Å². The third kappa shape index (κ3) is 3.75. The Bertz CT molecular complexity index is 539. The standard InChI is InChI=1S/C13H19FN2O2S/c1-13(5-7-15-8-6-13)10-16-19(17,18)12-4-2-3-11(14)9-12/h2-4,9,15-16H,5-8,10H2,1H3. The maximum atomic E-state index is 13.1. The first-order valence-corrected chi connectivity index (χ1v) is 7.86. The number of benzene rings is 1. The van der Waals surface area contributed by atoms with Crippen LogP contribution in [0.3, 0.4) is 0 Å². The van der Waals surface area contributed by atoms with Gasteiger partial charge in [-0.05, 0) is 49.5 Å². The lowest BCUT2D eigenvalue weighted by atomic mass is 9.81. The van der Waals surface area contributed by atoms with Gasteiger partial charge in [-0.3, -0.25) is 0 Å². The average Bonchev–Trinajstić information content (AvgIpc) is 2.38. The second kappa shape index (κ2) is 5.56. The van der Waals surface area contributed by atoms with Crippen molar-refractivity contribution >= 4 is 10.0 Å². The zero-order chi connectivity index (χ0) is 13.9. The minimum absolute atomic E-state index is 0.0231. The quantitative estimate of drug-likeness (QED) is 0.882. The van der Waals surface area contributed by atoms with Gasteiger partial charge in [0.05, 0.1) is 4.90 Å². The molecule has 6 heteroatoms. The Morgan fingerprint density at radius 1 is 1.37 bits per heavy atom. The number of hydrogen-bond donors (Lipinski definition) is 2. The van der Waals surface area contributed by atoms with Gasteiger partial charge in [0.2, 0.25) is 10.0 Å². The summed E-state index contributed by atoms with van der Waals surface area (Å²) in [7, 11) is -3.63. The molecule has 1 fully saturated rings. The van der Waals surface area contributed by atoms with E-state index in [-0.39, 0.29) is 10.3 Å². The summed E-state index contributed by atoms with van der Waals surface area (Å²) in [5.41, 5.74) is -0.0361. The second-order valence-electron chi connectivity index (χ2n) is 5.34. The zero-order valence-corrected chi connectivity index (χ0v) is 11.8. The van der Waals surface area contributed by atoms with Gasteiger partial charge in [-0.15, -0.1) is 0 Å². The van der Waals surface area contributed by atoms with Crippen molar-refractivity contribution in [1.29, 1.82) is 0 Å². The highest BCUT2D eigenvalue weighted by molar-refractivity contribution is 7.89. The van der Waals surface area contributed by atoms with Crippen molar-refractivity contribution in [2.75, 3.05) is 19.6 Å². The summed E-state index contributed by atoms with van der Waals surface area (Å²) in [6.07, 6.45) is 1.86. The molecule has 2 N–H and O–H groups in total. The van der Waals surface area contributed by atoms with E-state index in [0.717, 1.165) is 32.0 Å². The smallest absolute Gasteiger partial charge is 0.240 e. The molecule has 1 saturated heterocycles. The van der Waals surface area contributed by atoms with E-state index in [1.807, 2.05) is 0 Å². The van der Waals surface area contributed by atoms with Crippen molar-refractivity contribution in [3.63, 3.8) is 0 Å². The monoisotopic (exact) mass is 286 g/mol. The van der Waals surface area contributed by atoms with E-state index < -0.39 is 15.8 Å². The lowest BCUT2D eigenvalue weighted by Crippen LogP contribution is -2.42. The van der Waals surface area contributed by atoms with Crippen LogP contribution in [0.1, 0.15) is 19.8 Å². The molecule has 0 radical (unpaired) electrons. The Kier molecular flexibility index (Phi) is 4.23. The van der Waals surface area contributed by atoms with Crippen LogP contribution in [-0.2, 0) is 10.0 Å². The highest BCUT2D eigenvalue weighted by Crippen LogP contribution is 2.27. The van der Waals surface area contributed by atoms with Crippen molar-refractivity contribution in [2.45, 2.75) is 24.7 Å². The van der Waals surface area contributed by atoms with Crippen molar-refractivity contribution in [1.82, 2.24) is 10.0 Å². The molecule has 1 aliphatic rings. The molecule has 1 aliphatic heterocycles. The Morgan fingerprint density at radius 2 is 2.05 bits per heavy atom. The van der Waals surface area contributed by atoms with Crippen LogP contribution in [0.15, 0.2) is 29.2 Å². The number of piperidine rings is 1. The summed E-state index contributed by atoms with van der Waals surface area (Å²) in [5.74, 6) is -0.545. The zero-order valence-electron chi connectivity index (χ0n) is 10.9. The van der Waals surface area contributed by atoms with E-state index in [1.54, 1.807) is 0 Å².